The number of hydrogen-bond donors (Lipinski definition) is 1. The van der Waals surface area contributed by atoms with Crippen LogP contribution in [0.3, 0.4) is 0 Å². The van der Waals surface area contributed by atoms with Gasteiger partial charge < -0.3 is 10.1 Å². The predicted molar refractivity (Wildman–Crippen MR) is 93.8 cm³/mol. The first-order chi connectivity index (χ1) is 12.0. The van der Waals surface area contributed by atoms with E-state index in [2.05, 4.69) is 5.32 Å². The lowest BCUT2D eigenvalue weighted by Gasteiger charge is -2.43. The Morgan fingerprint density at radius 1 is 1.23 bits per heavy atom. The smallest absolute Gasteiger partial charge is 0.407 e. The molecule has 4 nitrogen and oxygen atoms in total. The Morgan fingerprint density at radius 2 is 1.85 bits per heavy atom. The first kappa shape index (κ1) is 20.6. The highest BCUT2D eigenvalue weighted by molar-refractivity contribution is 5.68. The number of benzene rings is 1. The second-order valence-corrected chi connectivity index (χ2v) is 7.75. The van der Waals surface area contributed by atoms with Crippen LogP contribution >= 0.6 is 0 Å². The molecule has 1 aromatic rings. The Kier molecular flexibility index (Phi) is 6.21. The van der Waals surface area contributed by atoms with Gasteiger partial charge >= 0.3 is 12.3 Å². The van der Waals surface area contributed by atoms with Crippen LogP contribution in [0.4, 0.5) is 18.0 Å². The summed E-state index contributed by atoms with van der Waals surface area (Å²) in [6, 6.07) is 6.64. The number of halogens is 3. The molecular weight excluding hydrogens is 345 g/mol. The number of likely N-dealkylation sites (tertiary alicyclic amines) is 1. The third-order valence-corrected chi connectivity index (χ3v) is 4.52. The lowest BCUT2D eigenvalue weighted by Crippen LogP contribution is -2.56. The van der Waals surface area contributed by atoms with Crippen molar-refractivity contribution >= 4 is 6.09 Å². The number of amides is 1. The van der Waals surface area contributed by atoms with Crippen molar-refractivity contribution in [3.05, 3.63) is 35.9 Å². The minimum Gasteiger partial charge on any atom is -0.444 e. The van der Waals surface area contributed by atoms with E-state index in [9.17, 15) is 18.0 Å². The quantitative estimate of drug-likeness (QED) is 0.838. The number of alkyl halides is 3. The molecule has 0 bridgehead atoms. The standard InChI is InChI=1S/C19H27F3N2O2/c1-13(14-8-6-5-7-9-14)24-11-10-15(12-16(24)19(20,21)22)23-17(25)26-18(2,3)4/h5-9,13,15-16H,10-12H2,1-4H3,(H,23,25)/t13-,15-,16-/m0/s1. The average Bonchev–Trinajstić information content (AvgIpc) is 2.52. The van der Waals surface area contributed by atoms with Gasteiger partial charge in [0.2, 0.25) is 0 Å². The number of carbonyl (C=O) groups is 1. The number of rotatable bonds is 3. The zero-order valence-corrected chi connectivity index (χ0v) is 15.6. The van der Waals surface area contributed by atoms with Crippen LogP contribution in [0.5, 0.6) is 0 Å². The van der Waals surface area contributed by atoms with Crippen molar-refractivity contribution in [2.45, 2.75) is 70.4 Å². The summed E-state index contributed by atoms with van der Waals surface area (Å²) in [5.41, 5.74) is 0.163. The molecule has 1 amide bonds. The summed E-state index contributed by atoms with van der Waals surface area (Å²) in [7, 11) is 0. The van der Waals surface area contributed by atoms with Crippen LogP contribution in [0, 0.1) is 0 Å². The molecule has 1 saturated heterocycles. The topological polar surface area (TPSA) is 41.6 Å². The van der Waals surface area contributed by atoms with Gasteiger partial charge in [-0.25, -0.2) is 4.79 Å². The molecule has 26 heavy (non-hydrogen) atoms. The first-order valence-corrected chi connectivity index (χ1v) is 8.84. The molecule has 0 saturated carbocycles. The maximum absolute atomic E-state index is 13.7. The third kappa shape index (κ3) is 5.62. The summed E-state index contributed by atoms with van der Waals surface area (Å²) in [6.07, 6.45) is -4.77. The van der Waals surface area contributed by atoms with Crippen LogP contribution in [-0.4, -0.2) is 41.4 Å². The average molecular weight is 372 g/mol. The van der Waals surface area contributed by atoms with E-state index < -0.39 is 30.0 Å². The molecule has 0 aromatic heterocycles. The van der Waals surface area contributed by atoms with Gasteiger partial charge in [0.1, 0.15) is 11.6 Å². The van der Waals surface area contributed by atoms with Crippen LogP contribution < -0.4 is 5.32 Å². The monoisotopic (exact) mass is 372 g/mol. The van der Waals surface area contributed by atoms with Crippen molar-refractivity contribution in [1.82, 2.24) is 10.2 Å². The van der Waals surface area contributed by atoms with Gasteiger partial charge in [-0.1, -0.05) is 30.3 Å². The van der Waals surface area contributed by atoms with Crippen LogP contribution in [0.25, 0.3) is 0 Å². The highest BCUT2D eigenvalue weighted by atomic mass is 19.4. The highest BCUT2D eigenvalue weighted by Crippen LogP contribution is 2.37. The molecular formula is C19H27F3N2O2. The Hall–Kier alpha value is -1.76. The molecule has 1 heterocycles. The molecule has 1 aliphatic heterocycles. The van der Waals surface area contributed by atoms with E-state index in [1.54, 1.807) is 27.7 Å². The number of nitrogens with zero attached hydrogens (tertiary/aromatic N) is 1. The fraction of sp³-hybridized carbons (Fsp3) is 0.632. The van der Waals surface area contributed by atoms with E-state index in [-0.39, 0.29) is 19.0 Å². The molecule has 146 valence electrons. The minimum atomic E-state index is -4.36. The van der Waals surface area contributed by atoms with Gasteiger partial charge in [0, 0.05) is 18.6 Å². The summed E-state index contributed by atoms with van der Waals surface area (Å²) in [5, 5.41) is 2.59. The fourth-order valence-electron chi connectivity index (χ4n) is 3.30. The largest absolute Gasteiger partial charge is 0.444 e. The SMILES string of the molecule is C[C@@H](c1ccccc1)N1CC[C@H](NC(=O)OC(C)(C)C)C[C@H]1C(F)(F)F. The molecule has 1 aliphatic rings. The third-order valence-electron chi connectivity index (χ3n) is 4.52. The van der Waals surface area contributed by atoms with Gasteiger partial charge in [0.25, 0.3) is 0 Å². The van der Waals surface area contributed by atoms with E-state index in [1.807, 2.05) is 30.3 Å². The van der Waals surface area contributed by atoms with Crippen LogP contribution in [0.1, 0.15) is 52.1 Å². The minimum absolute atomic E-state index is 0.181. The zero-order valence-electron chi connectivity index (χ0n) is 15.6. The second-order valence-electron chi connectivity index (χ2n) is 7.75. The van der Waals surface area contributed by atoms with Gasteiger partial charge in [0.15, 0.2) is 0 Å². The summed E-state index contributed by atoms with van der Waals surface area (Å²) in [5.74, 6) is 0. The molecule has 0 aliphatic carbocycles. The van der Waals surface area contributed by atoms with Gasteiger partial charge in [-0.3, -0.25) is 4.90 Å². The zero-order chi connectivity index (χ0) is 19.5. The Morgan fingerprint density at radius 3 is 2.38 bits per heavy atom. The molecule has 0 unspecified atom stereocenters. The van der Waals surface area contributed by atoms with E-state index in [0.717, 1.165) is 5.56 Å². The second kappa shape index (κ2) is 7.86. The maximum atomic E-state index is 13.7. The molecule has 1 fully saturated rings. The molecule has 0 radical (unpaired) electrons. The Bertz CT molecular complexity index is 599. The van der Waals surface area contributed by atoms with Crippen molar-refractivity contribution in [2.24, 2.45) is 0 Å². The number of hydrogen-bond acceptors (Lipinski definition) is 3. The lowest BCUT2D eigenvalue weighted by atomic mass is 9.93. The van der Waals surface area contributed by atoms with Crippen molar-refractivity contribution in [1.29, 1.82) is 0 Å². The van der Waals surface area contributed by atoms with Crippen molar-refractivity contribution in [3.63, 3.8) is 0 Å². The number of nitrogens with one attached hydrogen (secondary N) is 1. The number of carbonyl (C=O) groups excluding carboxylic acids is 1. The van der Waals surface area contributed by atoms with Gasteiger partial charge in [-0.2, -0.15) is 13.2 Å². The molecule has 1 N–H and O–H groups in total. The summed E-state index contributed by atoms with van der Waals surface area (Å²) >= 11 is 0. The molecule has 7 heteroatoms. The van der Waals surface area contributed by atoms with Gasteiger partial charge in [-0.05, 0) is 46.1 Å². The van der Waals surface area contributed by atoms with E-state index in [4.69, 9.17) is 4.74 Å². The summed E-state index contributed by atoms with van der Waals surface area (Å²) in [6.45, 7) is 7.19. The number of alkyl carbamates (subject to hydrolysis) is 1. The Labute approximate surface area is 152 Å². The molecule has 1 aromatic carbocycles. The van der Waals surface area contributed by atoms with Crippen molar-refractivity contribution < 1.29 is 22.7 Å². The first-order valence-electron chi connectivity index (χ1n) is 8.84. The fourth-order valence-corrected chi connectivity index (χ4v) is 3.30. The van der Waals surface area contributed by atoms with Gasteiger partial charge in [0.05, 0.1) is 0 Å². The molecule has 2 rings (SSSR count). The predicted octanol–water partition coefficient (Wildman–Crippen LogP) is 4.67. The summed E-state index contributed by atoms with van der Waals surface area (Å²) < 4.78 is 46.2. The van der Waals surface area contributed by atoms with Crippen molar-refractivity contribution in [3.8, 4) is 0 Å². The van der Waals surface area contributed by atoms with Crippen LogP contribution in [0.15, 0.2) is 30.3 Å². The van der Waals surface area contributed by atoms with E-state index in [1.165, 1.54) is 4.90 Å². The number of piperidine rings is 1. The van der Waals surface area contributed by atoms with Crippen molar-refractivity contribution in [2.75, 3.05) is 6.54 Å². The van der Waals surface area contributed by atoms with Crippen LogP contribution in [0.2, 0.25) is 0 Å². The lowest BCUT2D eigenvalue weighted by molar-refractivity contribution is -0.199. The highest BCUT2D eigenvalue weighted by Gasteiger charge is 2.48. The van der Waals surface area contributed by atoms with Gasteiger partial charge in [-0.15, -0.1) is 0 Å². The van der Waals surface area contributed by atoms with Crippen LogP contribution in [-0.2, 0) is 4.74 Å². The molecule has 3 atom stereocenters. The normalized spacial score (nSPS) is 23.3. The van der Waals surface area contributed by atoms with E-state index >= 15 is 0 Å². The summed E-state index contributed by atoms with van der Waals surface area (Å²) in [4.78, 5) is 13.4. The maximum Gasteiger partial charge on any atom is 0.407 e. The molecule has 0 spiro atoms. The Balaban J connectivity index is 2.09. The number of ether oxygens (including phenoxy) is 1. The van der Waals surface area contributed by atoms with E-state index in [0.29, 0.717) is 6.42 Å².